The molecule has 0 unspecified atom stereocenters. The number of esters is 1. The lowest BCUT2D eigenvalue weighted by atomic mass is 10.0. The fraction of sp³-hybridized carbons (Fsp3) is 0.320. The molecule has 2 amide bonds. The van der Waals surface area contributed by atoms with Crippen LogP contribution in [0.25, 0.3) is 10.9 Å². The first-order chi connectivity index (χ1) is 15.7. The molecule has 8 nitrogen and oxygen atoms in total. The highest BCUT2D eigenvalue weighted by atomic mass is 16.6. The lowest BCUT2D eigenvalue weighted by Crippen LogP contribution is -2.49. The zero-order valence-corrected chi connectivity index (χ0v) is 19.2. The van der Waals surface area contributed by atoms with Gasteiger partial charge in [-0.15, -0.1) is 0 Å². The van der Waals surface area contributed by atoms with E-state index in [1.807, 2.05) is 30.5 Å². The summed E-state index contributed by atoms with van der Waals surface area (Å²) < 4.78 is 10.0. The topological polar surface area (TPSA) is 110 Å². The maximum atomic E-state index is 13.0. The van der Waals surface area contributed by atoms with E-state index in [0.717, 1.165) is 22.0 Å². The first-order valence-electron chi connectivity index (χ1n) is 10.7. The maximum Gasteiger partial charge on any atom is 0.408 e. The molecular weight excluding hydrogens is 422 g/mol. The number of fused-ring (bicyclic) bond motifs is 1. The number of methoxy groups -OCH3 is 1. The quantitative estimate of drug-likeness (QED) is 0.475. The van der Waals surface area contributed by atoms with Crippen LogP contribution >= 0.6 is 0 Å². The minimum Gasteiger partial charge on any atom is -0.465 e. The zero-order chi connectivity index (χ0) is 24.0. The highest BCUT2D eigenvalue weighted by Gasteiger charge is 2.25. The summed E-state index contributed by atoms with van der Waals surface area (Å²) in [4.78, 5) is 40.2. The monoisotopic (exact) mass is 451 g/mol. The Kier molecular flexibility index (Phi) is 7.37. The molecule has 1 heterocycles. The normalized spacial score (nSPS) is 12.1. The van der Waals surface area contributed by atoms with Gasteiger partial charge in [0.05, 0.1) is 12.7 Å². The second kappa shape index (κ2) is 10.2. The van der Waals surface area contributed by atoms with E-state index in [0.29, 0.717) is 5.56 Å². The number of hydrogen-bond acceptors (Lipinski definition) is 5. The summed E-state index contributed by atoms with van der Waals surface area (Å²) >= 11 is 0. The minimum absolute atomic E-state index is 0.237. The van der Waals surface area contributed by atoms with Crippen molar-refractivity contribution in [2.45, 2.75) is 45.4 Å². The van der Waals surface area contributed by atoms with Crippen molar-refractivity contribution in [2.75, 3.05) is 7.11 Å². The van der Waals surface area contributed by atoms with E-state index in [4.69, 9.17) is 9.47 Å². The Morgan fingerprint density at radius 3 is 2.39 bits per heavy atom. The molecule has 174 valence electrons. The molecule has 0 bridgehead atoms. The van der Waals surface area contributed by atoms with E-state index in [1.54, 1.807) is 45.0 Å². The Morgan fingerprint density at radius 1 is 1.03 bits per heavy atom. The number of hydrogen-bond donors (Lipinski definition) is 3. The van der Waals surface area contributed by atoms with Crippen molar-refractivity contribution >= 4 is 28.9 Å². The van der Waals surface area contributed by atoms with E-state index in [-0.39, 0.29) is 18.9 Å². The third-order valence-corrected chi connectivity index (χ3v) is 4.95. The Balaban J connectivity index is 1.72. The standard InChI is InChI=1S/C25H29N3O5/c1-25(2,3)33-24(31)28-21(13-18-15-26-20-8-6-5-7-19(18)20)22(29)27-14-16-9-11-17(12-10-16)23(30)32-4/h5-12,15,21,26H,13-14H2,1-4H3,(H,27,29)(H,28,31)/t21-/m1/s1. The number of rotatable bonds is 7. The molecule has 0 radical (unpaired) electrons. The SMILES string of the molecule is COC(=O)c1ccc(CNC(=O)[C@@H](Cc2c[nH]c3ccccc23)NC(=O)OC(C)(C)C)cc1. The summed E-state index contributed by atoms with van der Waals surface area (Å²) in [5, 5.41) is 6.54. The van der Waals surface area contributed by atoms with E-state index in [9.17, 15) is 14.4 Å². The van der Waals surface area contributed by atoms with Crippen LogP contribution in [-0.4, -0.2) is 41.7 Å². The number of aromatic amines is 1. The summed E-state index contributed by atoms with van der Waals surface area (Å²) in [6.07, 6.45) is 1.47. The molecule has 1 aromatic heterocycles. The molecule has 8 heteroatoms. The van der Waals surface area contributed by atoms with Gasteiger partial charge in [-0.3, -0.25) is 4.79 Å². The lowest BCUT2D eigenvalue weighted by Gasteiger charge is -2.23. The molecule has 3 rings (SSSR count). The average Bonchev–Trinajstić information content (AvgIpc) is 3.18. The van der Waals surface area contributed by atoms with E-state index < -0.39 is 23.7 Å². The smallest absolute Gasteiger partial charge is 0.408 e. The van der Waals surface area contributed by atoms with Gasteiger partial charge in [-0.1, -0.05) is 30.3 Å². The highest BCUT2D eigenvalue weighted by molar-refractivity contribution is 5.90. The molecule has 0 saturated heterocycles. The molecule has 0 saturated carbocycles. The fourth-order valence-electron chi connectivity index (χ4n) is 3.37. The number of carbonyl (C=O) groups is 3. The molecule has 0 aliphatic rings. The number of para-hydroxylation sites is 1. The molecule has 1 atom stereocenters. The number of alkyl carbamates (subject to hydrolysis) is 1. The molecule has 2 aromatic carbocycles. The molecule has 3 aromatic rings. The summed E-state index contributed by atoms with van der Waals surface area (Å²) in [6.45, 7) is 5.53. The number of amides is 2. The van der Waals surface area contributed by atoms with E-state index >= 15 is 0 Å². The fourth-order valence-corrected chi connectivity index (χ4v) is 3.37. The summed E-state index contributed by atoms with van der Waals surface area (Å²) in [5.74, 6) is -0.769. The van der Waals surface area contributed by atoms with E-state index in [2.05, 4.69) is 15.6 Å². The van der Waals surface area contributed by atoms with Crippen molar-refractivity contribution in [1.82, 2.24) is 15.6 Å². The lowest BCUT2D eigenvalue weighted by molar-refractivity contribution is -0.123. The molecular formula is C25H29N3O5. The van der Waals surface area contributed by atoms with Crippen molar-refractivity contribution in [2.24, 2.45) is 0 Å². The third kappa shape index (κ3) is 6.58. The predicted octanol–water partition coefficient (Wildman–Crippen LogP) is 3.71. The van der Waals surface area contributed by atoms with E-state index in [1.165, 1.54) is 7.11 Å². The maximum absolute atomic E-state index is 13.0. The van der Waals surface area contributed by atoms with Crippen LogP contribution < -0.4 is 10.6 Å². The van der Waals surface area contributed by atoms with Crippen molar-refractivity contribution in [3.8, 4) is 0 Å². The molecule has 33 heavy (non-hydrogen) atoms. The Labute approximate surface area is 192 Å². The third-order valence-electron chi connectivity index (χ3n) is 4.95. The van der Waals surface area contributed by atoms with Gasteiger partial charge in [0.2, 0.25) is 5.91 Å². The Hall–Kier alpha value is -3.81. The molecule has 0 aliphatic heterocycles. The zero-order valence-electron chi connectivity index (χ0n) is 19.2. The van der Waals surface area contributed by atoms with Gasteiger partial charge >= 0.3 is 12.1 Å². The Morgan fingerprint density at radius 2 is 1.73 bits per heavy atom. The van der Waals surface area contributed by atoms with Gasteiger partial charge in [0.15, 0.2) is 0 Å². The number of ether oxygens (including phenoxy) is 2. The number of H-pyrrole nitrogens is 1. The van der Waals surface area contributed by atoms with Crippen molar-refractivity contribution < 1.29 is 23.9 Å². The predicted molar refractivity (Wildman–Crippen MR) is 125 cm³/mol. The van der Waals surface area contributed by atoms with Crippen molar-refractivity contribution in [1.29, 1.82) is 0 Å². The van der Waals surface area contributed by atoms with Crippen molar-refractivity contribution in [3.63, 3.8) is 0 Å². The highest BCUT2D eigenvalue weighted by Crippen LogP contribution is 2.19. The van der Waals surface area contributed by atoms with Crippen LogP contribution in [0, 0.1) is 0 Å². The summed E-state index contributed by atoms with van der Waals surface area (Å²) in [5.41, 5.74) is 2.40. The van der Waals surface area contributed by atoms with Crippen LogP contribution in [0.1, 0.15) is 42.3 Å². The van der Waals surface area contributed by atoms with Crippen LogP contribution in [0.5, 0.6) is 0 Å². The van der Waals surface area contributed by atoms with Gasteiger partial charge in [-0.25, -0.2) is 9.59 Å². The van der Waals surface area contributed by atoms with Crippen LogP contribution in [-0.2, 0) is 27.2 Å². The molecule has 3 N–H and O–H groups in total. The summed E-state index contributed by atoms with van der Waals surface area (Å²) in [6, 6.07) is 13.7. The van der Waals surface area contributed by atoms with Crippen LogP contribution in [0.4, 0.5) is 4.79 Å². The molecule has 0 spiro atoms. The van der Waals surface area contributed by atoms with Crippen LogP contribution in [0.2, 0.25) is 0 Å². The van der Waals surface area contributed by atoms with Gasteiger partial charge in [0, 0.05) is 30.1 Å². The van der Waals surface area contributed by atoms with Gasteiger partial charge in [0.25, 0.3) is 0 Å². The number of carbonyl (C=O) groups excluding carboxylic acids is 3. The van der Waals surface area contributed by atoms with Gasteiger partial charge in [0.1, 0.15) is 11.6 Å². The Bertz CT molecular complexity index is 1130. The molecule has 0 aliphatic carbocycles. The van der Waals surface area contributed by atoms with Gasteiger partial charge < -0.3 is 25.1 Å². The first kappa shape index (κ1) is 23.8. The second-order valence-corrected chi connectivity index (χ2v) is 8.67. The van der Waals surface area contributed by atoms with Gasteiger partial charge in [-0.05, 0) is 50.1 Å². The minimum atomic E-state index is -0.839. The van der Waals surface area contributed by atoms with Crippen LogP contribution in [0.3, 0.4) is 0 Å². The largest absolute Gasteiger partial charge is 0.465 e. The average molecular weight is 452 g/mol. The first-order valence-corrected chi connectivity index (χ1v) is 10.7. The van der Waals surface area contributed by atoms with Gasteiger partial charge in [-0.2, -0.15) is 0 Å². The number of nitrogens with one attached hydrogen (secondary N) is 3. The number of benzene rings is 2. The number of aromatic nitrogens is 1. The van der Waals surface area contributed by atoms with Crippen LogP contribution in [0.15, 0.2) is 54.7 Å². The second-order valence-electron chi connectivity index (χ2n) is 8.67. The van der Waals surface area contributed by atoms with Crippen molar-refractivity contribution in [3.05, 3.63) is 71.4 Å². The summed E-state index contributed by atoms with van der Waals surface area (Å²) in [7, 11) is 1.32. The molecule has 0 fully saturated rings.